The maximum absolute atomic E-state index is 13.3. The lowest BCUT2D eigenvalue weighted by atomic mass is 9.82. The Morgan fingerprint density at radius 3 is 2.64 bits per heavy atom. The predicted octanol–water partition coefficient (Wildman–Crippen LogP) is 6.11. The number of nitrogens with one attached hydrogen (secondary N) is 1. The first kappa shape index (κ1) is 24.6. The summed E-state index contributed by atoms with van der Waals surface area (Å²) in [5.74, 6) is 0.841. The average Bonchev–Trinajstić information content (AvgIpc) is 3.37. The Labute approximate surface area is 219 Å². The van der Waals surface area contributed by atoms with Crippen LogP contribution in [-0.2, 0) is 17.7 Å². The van der Waals surface area contributed by atoms with Gasteiger partial charge in [-0.05, 0) is 70.5 Å². The van der Waals surface area contributed by atoms with Crippen molar-refractivity contribution in [2.75, 3.05) is 18.8 Å². The Bertz CT molecular complexity index is 1360. The van der Waals surface area contributed by atoms with Gasteiger partial charge in [-0.1, -0.05) is 54.1 Å². The van der Waals surface area contributed by atoms with Gasteiger partial charge in [0.1, 0.15) is 5.75 Å². The topological polar surface area (TPSA) is 68.3 Å². The summed E-state index contributed by atoms with van der Waals surface area (Å²) >= 11 is 5.37. The van der Waals surface area contributed by atoms with Gasteiger partial charge >= 0.3 is 6.03 Å². The Hall–Kier alpha value is -3.06. The van der Waals surface area contributed by atoms with Crippen LogP contribution in [0.5, 0.6) is 0 Å². The van der Waals surface area contributed by atoms with Gasteiger partial charge in [0, 0.05) is 54.3 Å². The van der Waals surface area contributed by atoms with E-state index in [9.17, 15) is 9.35 Å². The Morgan fingerprint density at radius 2 is 1.86 bits per heavy atom. The quantitative estimate of drug-likeness (QED) is 0.314. The molecule has 3 unspecified atom stereocenters. The second-order valence-corrected chi connectivity index (χ2v) is 11.2. The molecular weight excluding hydrogens is 490 g/mol. The summed E-state index contributed by atoms with van der Waals surface area (Å²) in [6.45, 7) is 3.53. The van der Waals surface area contributed by atoms with Crippen LogP contribution in [0.15, 0.2) is 90.1 Å². The number of benzene rings is 3. The highest BCUT2D eigenvalue weighted by molar-refractivity contribution is 7.91. The Morgan fingerprint density at radius 1 is 1.08 bits per heavy atom. The minimum Gasteiger partial charge on any atom is -0.611 e. The molecule has 1 aromatic heterocycles. The van der Waals surface area contributed by atoms with E-state index in [1.165, 1.54) is 5.56 Å². The molecule has 4 aromatic rings. The number of carbonyl (C=O) groups excluding carboxylic acids is 1. The summed E-state index contributed by atoms with van der Waals surface area (Å²) in [5, 5.41) is 6.03. The fourth-order valence-electron chi connectivity index (χ4n) is 5.05. The molecule has 3 aromatic carbocycles. The number of pyridine rings is 1. The summed E-state index contributed by atoms with van der Waals surface area (Å²) in [4.78, 5) is 20.2. The van der Waals surface area contributed by atoms with E-state index in [1.807, 2.05) is 66.7 Å². The molecule has 0 saturated carbocycles. The SMILES string of the molecule is CC[S+]([O-])c1ccc(CNC(=O)N2CC(c3cccc(Cl)c3)C(c3cccc4cnccc34)C2)cc1. The third-order valence-electron chi connectivity index (χ3n) is 6.89. The minimum atomic E-state index is -0.979. The van der Waals surface area contributed by atoms with Crippen LogP contribution >= 0.6 is 11.6 Å². The number of fused-ring (bicyclic) bond motifs is 1. The zero-order valence-electron chi connectivity index (χ0n) is 20.1. The summed E-state index contributed by atoms with van der Waals surface area (Å²) in [6.07, 6.45) is 3.70. The van der Waals surface area contributed by atoms with Gasteiger partial charge < -0.3 is 14.8 Å². The first-order chi connectivity index (χ1) is 17.5. The summed E-state index contributed by atoms with van der Waals surface area (Å²) in [7, 11) is 0. The van der Waals surface area contributed by atoms with Gasteiger partial charge in [-0.25, -0.2) is 4.79 Å². The van der Waals surface area contributed by atoms with Crippen LogP contribution in [0.2, 0.25) is 5.02 Å². The lowest BCUT2D eigenvalue weighted by Crippen LogP contribution is -2.38. The van der Waals surface area contributed by atoms with Crippen molar-refractivity contribution in [3.8, 4) is 0 Å². The first-order valence-electron chi connectivity index (χ1n) is 12.1. The number of rotatable bonds is 6. The standard InChI is InChI=1S/C29H28ClN3O2S/c1-2-36(35)24-11-9-20(10-12-24)16-32-29(34)33-18-27(21-5-3-7-23(30)15-21)28(19-33)26-8-4-6-22-17-31-14-13-25(22)26/h3-15,17,27-28H,2,16,18-19H2,1H3,(H,32,34). The molecule has 1 aliphatic rings. The van der Waals surface area contributed by atoms with Gasteiger partial charge in [-0.2, -0.15) is 0 Å². The molecule has 1 N–H and O–H groups in total. The van der Waals surface area contributed by atoms with Crippen LogP contribution in [0.25, 0.3) is 10.8 Å². The molecule has 0 spiro atoms. The third-order valence-corrected chi connectivity index (χ3v) is 8.45. The van der Waals surface area contributed by atoms with E-state index in [1.54, 1.807) is 0 Å². The molecule has 5 rings (SSSR count). The second kappa shape index (κ2) is 10.9. The highest BCUT2D eigenvalue weighted by Gasteiger charge is 2.37. The molecule has 2 heterocycles. The fraction of sp³-hybridized carbons (Fsp3) is 0.241. The molecular formula is C29H28ClN3O2S. The van der Waals surface area contributed by atoms with E-state index in [4.69, 9.17) is 11.6 Å². The van der Waals surface area contributed by atoms with Crippen LogP contribution in [0.4, 0.5) is 4.79 Å². The lowest BCUT2D eigenvalue weighted by molar-refractivity contribution is 0.207. The van der Waals surface area contributed by atoms with Crippen LogP contribution in [0.1, 0.15) is 35.4 Å². The van der Waals surface area contributed by atoms with Crippen molar-refractivity contribution in [2.24, 2.45) is 0 Å². The van der Waals surface area contributed by atoms with E-state index in [-0.39, 0.29) is 17.9 Å². The van der Waals surface area contributed by atoms with E-state index in [0.29, 0.717) is 30.4 Å². The van der Waals surface area contributed by atoms with Crippen LogP contribution in [-0.4, -0.2) is 39.3 Å². The number of aromatic nitrogens is 1. The zero-order valence-corrected chi connectivity index (χ0v) is 21.6. The maximum Gasteiger partial charge on any atom is 0.317 e. The molecule has 7 heteroatoms. The van der Waals surface area contributed by atoms with Crippen LogP contribution in [0, 0.1) is 0 Å². The summed E-state index contributed by atoms with van der Waals surface area (Å²) in [6, 6.07) is 23.8. The van der Waals surface area contributed by atoms with E-state index < -0.39 is 11.2 Å². The minimum absolute atomic E-state index is 0.0901. The molecule has 0 radical (unpaired) electrons. The number of halogens is 1. The van der Waals surface area contributed by atoms with Gasteiger partial charge in [0.05, 0.1) is 0 Å². The number of urea groups is 1. The summed E-state index contributed by atoms with van der Waals surface area (Å²) < 4.78 is 12.0. The predicted molar refractivity (Wildman–Crippen MR) is 146 cm³/mol. The van der Waals surface area contributed by atoms with Crippen molar-refractivity contribution in [2.45, 2.75) is 30.2 Å². The highest BCUT2D eigenvalue weighted by atomic mass is 35.5. The third kappa shape index (κ3) is 5.21. The smallest absolute Gasteiger partial charge is 0.317 e. The monoisotopic (exact) mass is 517 g/mol. The molecule has 3 atom stereocenters. The molecule has 36 heavy (non-hydrogen) atoms. The van der Waals surface area contributed by atoms with Gasteiger partial charge in [0.15, 0.2) is 4.90 Å². The fourth-order valence-corrected chi connectivity index (χ4v) is 6.02. The van der Waals surface area contributed by atoms with E-state index in [0.717, 1.165) is 26.8 Å². The maximum atomic E-state index is 13.3. The van der Waals surface area contributed by atoms with Crippen molar-refractivity contribution in [1.29, 1.82) is 0 Å². The largest absolute Gasteiger partial charge is 0.611 e. The molecule has 1 fully saturated rings. The Balaban J connectivity index is 1.37. The molecule has 2 amide bonds. The number of likely N-dealkylation sites (tertiary alicyclic amines) is 1. The number of carbonyl (C=O) groups is 1. The number of amides is 2. The van der Waals surface area contributed by atoms with E-state index >= 15 is 0 Å². The molecule has 0 bridgehead atoms. The molecule has 1 saturated heterocycles. The van der Waals surface area contributed by atoms with Gasteiger partial charge in [0.25, 0.3) is 0 Å². The molecule has 1 aliphatic heterocycles. The van der Waals surface area contributed by atoms with Gasteiger partial charge in [0.2, 0.25) is 0 Å². The number of hydrogen-bond acceptors (Lipinski definition) is 3. The average molecular weight is 518 g/mol. The summed E-state index contributed by atoms with van der Waals surface area (Å²) in [5.41, 5.74) is 3.33. The second-order valence-electron chi connectivity index (χ2n) is 9.05. The van der Waals surface area contributed by atoms with Gasteiger partial charge in [-0.15, -0.1) is 0 Å². The normalized spacial score (nSPS) is 18.4. The number of hydrogen-bond donors (Lipinski definition) is 1. The number of nitrogens with zero attached hydrogens (tertiary/aromatic N) is 2. The van der Waals surface area contributed by atoms with Crippen LogP contribution < -0.4 is 5.32 Å². The van der Waals surface area contributed by atoms with Crippen molar-refractivity contribution < 1.29 is 9.35 Å². The van der Waals surface area contributed by atoms with Crippen LogP contribution in [0.3, 0.4) is 0 Å². The zero-order chi connectivity index (χ0) is 25.1. The van der Waals surface area contributed by atoms with Gasteiger partial charge in [-0.3, -0.25) is 4.98 Å². The Kier molecular flexibility index (Phi) is 7.46. The van der Waals surface area contributed by atoms with Crippen molar-refractivity contribution in [1.82, 2.24) is 15.2 Å². The highest BCUT2D eigenvalue weighted by Crippen LogP contribution is 2.42. The molecule has 5 nitrogen and oxygen atoms in total. The van der Waals surface area contributed by atoms with E-state index in [2.05, 4.69) is 40.6 Å². The van der Waals surface area contributed by atoms with Crippen molar-refractivity contribution in [3.63, 3.8) is 0 Å². The molecule has 184 valence electrons. The van der Waals surface area contributed by atoms with Crippen molar-refractivity contribution in [3.05, 3.63) is 107 Å². The van der Waals surface area contributed by atoms with Crippen molar-refractivity contribution >= 4 is 39.6 Å². The first-order valence-corrected chi connectivity index (χ1v) is 13.8. The molecule has 0 aliphatic carbocycles. The lowest BCUT2D eigenvalue weighted by Gasteiger charge is -2.20.